The average molecular weight is 380 g/mol. The van der Waals surface area contributed by atoms with Gasteiger partial charge in [-0.2, -0.15) is 0 Å². The Morgan fingerprint density at radius 1 is 1.00 bits per heavy atom. The summed E-state index contributed by atoms with van der Waals surface area (Å²) in [6.07, 6.45) is 1.86. The summed E-state index contributed by atoms with van der Waals surface area (Å²) in [6, 6.07) is 20.0. The Morgan fingerprint density at radius 2 is 1.61 bits per heavy atom. The SMILES string of the molecule is O=C(NCCc1ccccc1)[C@@H]1CN(CCc2ccccc2)C(=O)[C@H]1CCO. The van der Waals surface area contributed by atoms with Crippen LogP contribution in [0.2, 0.25) is 0 Å². The van der Waals surface area contributed by atoms with Crippen molar-refractivity contribution in [3.8, 4) is 0 Å². The molecule has 0 unspecified atom stereocenters. The second kappa shape index (κ2) is 10.0. The fourth-order valence-corrected chi connectivity index (χ4v) is 3.81. The van der Waals surface area contributed by atoms with Crippen molar-refractivity contribution < 1.29 is 14.7 Å². The fourth-order valence-electron chi connectivity index (χ4n) is 3.81. The summed E-state index contributed by atoms with van der Waals surface area (Å²) in [6.45, 7) is 1.48. The number of hydrogen-bond acceptors (Lipinski definition) is 3. The Kier molecular flexibility index (Phi) is 7.20. The quantitative estimate of drug-likeness (QED) is 0.700. The number of rotatable bonds is 9. The zero-order valence-electron chi connectivity index (χ0n) is 16.1. The van der Waals surface area contributed by atoms with Crippen molar-refractivity contribution in [1.82, 2.24) is 10.2 Å². The second-order valence-electron chi connectivity index (χ2n) is 7.27. The number of aliphatic hydroxyl groups excluding tert-OH is 1. The average Bonchev–Trinajstić information content (AvgIpc) is 3.04. The molecule has 0 saturated carbocycles. The van der Waals surface area contributed by atoms with Gasteiger partial charge in [0.1, 0.15) is 0 Å². The number of hydrogen-bond donors (Lipinski definition) is 2. The Bertz CT molecular complexity index is 764. The lowest BCUT2D eigenvalue weighted by atomic mass is 9.92. The summed E-state index contributed by atoms with van der Waals surface area (Å²) in [5.41, 5.74) is 2.34. The molecule has 2 aromatic rings. The third-order valence-corrected chi connectivity index (χ3v) is 5.38. The molecule has 148 valence electrons. The molecule has 5 heteroatoms. The van der Waals surface area contributed by atoms with E-state index in [2.05, 4.69) is 5.32 Å². The van der Waals surface area contributed by atoms with E-state index in [1.165, 1.54) is 11.1 Å². The third-order valence-electron chi connectivity index (χ3n) is 5.38. The van der Waals surface area contributed by atoms with Crippen LogP contribution in [0.4, 0.5) is 0 Å². The molecule has 0 aromatic heterocycles. The molecule has 2 aromatic carbocycles. The maximum atomic E-state index is 12.8. The molecule has 1 aliphatic heterocycles. The molecule has 5 nitrogen and oxygen atoms in total. The fraction of sp³-hybridized carbons (Fsp3) is 0.391. The van der Waals surface area contributed by atoms with Gasteiger partial charge in [0.25, 0.3) is 0 Å². The van der Waals surface area contributed by atoms with Gasteiger partial charge >= 0.3 is 0 Å². The molecule has 1 saturated heterocycles. The Hall–Kier alpha value is -2.66. The topological polar surface area (TPSA) is 69.6 Å². The van der Waals surface area contributed by atoms with E-state index in [9.17, 15) is 14.7 Å². The molecule has 2 atom stereocenters. The Balaban J connectivity index is 1.55. The molecule has 0 aliphatic carbocycles. The normalized spacial score (nSPS) is 19.0. The summed E-state index contributed by atoms with van der Waals surface area (Å²) < 4.78 is 0. The molecule has 2 amide bonds. The minimum Gasteiger partial charge on any atom is -0.396 e. The molecule has 0 spiro atoms. The standard InChI is InChI=1S/C23H28N2O3/c26-16-13-20-21(22(27)24-14-11-18-7-3-1-4-8-18)17-25(23(20)28)15-12-19-9-5-2-6-10-19/h1-10,20-21,26H,11-17H2,(H,24,27)/t20-,21+/m0/s1. The van der Waals surface area contributed by atoms with E-state index in [1.54, 1.807) is 4.90 Å². The minimum absolute atomic E-state index is 0.0202. The first-order valence-corrected chi connectivity index (χ1v) is 9.94. The van der Waals surface area contributed by atoms with Crippen LogP contribution in [0.25, 0.3) is 0 Å². The Morgan fingerprint density at radius 3 is 2.21 bits per heavy atom. The molecule has 1 heterocycles. The van der Waals surface area contributed by atoms with Crippen molar-refractivity contribution in [2.75, 3.05) is 26.2 Å². The van der Waals surface area contributed by atoms with Gasteiger partial charge in [0.05, 0.1) is 11.8 Å². The second-order valence-corrected chi connectivity index (χ2v) is 7.27. The van der Waals surface area contributed by atoms with E-state index >= 15 is 0 Å². The first-order valence-electron chi connectivity index (χ1n) is 9.94. The highest BCUT2D eigenvalue weighted by atomic mass is 16.3. The largest absolute Gasteiger partial charge is 0.396 e. The number of amides is 2. The van der Waals surface area contributed by atoms with Crippen LogP contribution in [0.5, 0.6) is 0 Å². The summed E-state index contributed by atoms with van der Waals surface area (Å²) in [7, 11) is 0. The van der Waals surface area contributed by atoms with E-state index in [-0.39, 0.29) is 18.4 Å². The molecular weight excluding hydrogens is 352 g/mol. The first kappa shape index (κ1) is 20.1. The van der Waals surface area contributed by atoms with Crippen molar-refractivity contribution >= 4 is 11.8 Å². The number of carbonyl (C=O) groups is 2. The molecular formula is C23H28N2O3. The van der Waals surface area contributed by atoms with Crippen LogP contribution in [0.15, 0.2) is 60.7 Å². The van der Waals surface area contributed by atoms with Crippen LogP contribution in [0.1, 0.15) is 17.5 Å². The van der Waals surface area contributed by atoms with Crippen LogP contribution in [0, 0.1) is 11.8 Å². The molecule has 0 bridgehead atoms. The van der Waals surface area contributed by atoms with E-state index < -0.39 is 11.8 Å². The zero-order valence-corrected chi connectivity index (χ0v) is 16.1. The van der Waals surface area contributed by atoms with Crippen molar-refractivity contribution in [1.29, 1.82) is 0 Å². The van der Waals surface area contributed by atoms with Gasteiger partial charge in [-0.1, -0.05) is 60.7 Å². The predicted molar refractivity (Wildman–Crippen MR) is 109 cm³/mol. The summed E-state index contributed by atoms with van der Waals surface area (Å²) in [5.74, 6) is -0.943. The highest BCUT2D eigenvalue weighted by molar-refractivity contribution is 5.91. The van der Waals surface area contributed by atoms with E-state index in [0.29, 0.717) is 26.1 Å². The molecule has 3 rings (SSSR count). The van der Waals surface area contributed by atoms with Crippen LogP contribution < -0.4 is 5.32 Å². The Labute approximate surface area is 166 Å². The summed E-state index contributed by atoms with van der Waals surface area (Å²) in [4.78, 5) is 27.2. The van der Waals surface area contributed by atoms with E-state index in [1.807, 2.05) is 60.7 Å². The van der Waals surface area contributed by atoms with Crippen LogP contribution in [-0.4, -0.2) is 48.1 Å². The third kappa shape index (κ3) is 5.20. The smallest absolute Gasteiger partial charge is 0.226 e. The molecule has 0 radical (unpaired) electrons. The van der Waals surface area contributed by atoms with Gasteiger partial charge in [-0.05, 0) is 30.4 Å². The van der Waals surface area contributed by atoms with Gasteiger partial charge in [-0.3, -0.25) is 9.59 Å². The molecule has 2 N–H and O–H groups in total. The van der Waals surface area contributed by atoms with Crippen molar-refractivity contribution in [2.24, 2.45) is 11.8 Å². The minimum atomic E-state index is -0.433. The zero-order chi connectivity index (χ0) is 19.8. The molecule has 1 fully saturated rings. The highest BCUT2D eigenvalue weighted by Crippen LogP contribution is 2.28. The van der Waals surface area contributed by atoms with Gasteiger partial charge in [-0.15, -0.1) is 0 Å². The predicted octanol–water partition coefficient (Wildman–Crippen LogP) is 2.05. The number of nitrogens with zero attached hydrogens (tertiary/aromatic N) is 1. The number of carbonyl (C=O) groups excluding carboxylic acids is 2. The molecule has 1 aliphatic rings. The van der Waals surface area contributed by atoms with E-state index in [0.717, 1.165) is 12.8 Å². The monoisotopic (exact) mass is 380 g/mol. The van der Waals surface area contributed by atoms with Crippen molar-refractivity contribution in [3.05, 3.63) is 71.8 Å². The van der Waals surface area contributed by atoms with Crippen LogP contribution in [-0.2, 0) is 22.4 Å². The lowest BCUT2D eigenvalue weighted by Crippen LogP contribution is -2.36. The van der Waals surface area contributed by atoms with Crippen LogP contribution >= 0.6 is 0 Å². The molecule has 28 heavy (non-hydrogen) atoms. The lowest BCUT2D eigenvalue weighted by molar-refractivity contribution is -0.133. The van der Waals surface area contributed by atoms with Crippen molar-refractivity contribution in [3.63, 3.8) is 0 Å². The van der Waals surface area contributed by atoms with Gasteiger partial charge in [0, 0.05) is 26.2 Å². The van der Waals surface area contributed by atoms with Crippen molar-refractivity contribution in [2.45, 2.75) is 19.3 Å². The summed E-state index contributed by atoms with van der Waals surface area (Å²) >= 11 is 0. The summed E-state index contributed by atoms with van der Waals surface area (Å²) in [5, 5.41) is 12.3. The van der Waals surface area contributed by atoms with Gasteiger partial charge < -0.3 is 15.3 Å². The number of nitrogens with one attached hydrogen (secondary N) is 1. The lowest BCUT2D eigenvalue weighted by Gasteiger charge is -2.16. The van der Waals surface area contributed by atoms with Gasteiger partial charge in [-0.25, -0.2) is 0 Å². The number of likely N-dealkylation sites (tertiary alicyclic amines) is 1. The maximum absolute atomic E-state index is 12.8. The highest BCUT2D eigenvalue weighted by Gasteiger charge is 2.43. The van der Waals surface area contributed by atoms with Gasteiger partial charge in [0.2, 0.25) is 11.8 Å². The first-order chi connectivity index (χ1) is 13.7. The number of aliphatic hydroxyl groups is 1. The van der Waals surface area contributed by atoms with Crippen LogP contribution in [0.3, 0.4) is 0 Å². The number of benzene rings is 2. The maximum Gasteiger partial charge on any atom is 0.226 e. The van der Waals surface area contributed by atoms with E-state index in [4.69, 9.17) is 0 Å². The van der Waals surface area contributed by atoms with Gasteiger partial charge in [0.15, 0.2) is 0 Å².